The number of aliphatic imine (C=N–C) groups is 1. The first kappa shape index (κ1) is 18.6. The van der Waals surface area contributed by atoms with Gasteiger partial charge in [-0.25, -0.2) is 14.9 Å². The molecule has 1 amide bonds. The van der Waals surface area contributed by atoms with Crippen molar-refractivity contribution >= 4 is 40.4 Å². The third-order valence-corrected chi connectivity index (χ3v) is 4.81. The number of hydrogen-bond donors (Lipinski definition) is 3. The Hall–Kier alpha value is -2.73. The minimum absolute atomic E-state index is 0.0179. The van der Waals surface area contributed by atoms with Gasteiger partial charge in [-0.15, -0.1) is 0 Å². The van der Waals surface area contributed by atoms with E-state index in [1.54, 1.807) is 30.6 Å². The summed E-state index contributed by atoms with van der Waals surface area (Å²) in [6.45, 7) is 0.509. The number of carbonyl (C=O) groups is 1. The van der Waals surface area contributed by atoms with E-state index in [9.17, 15) is 9.18 Å². The van der Waals surface area contributed by atoms with Crippen molar-refractivity contribution in [2.24, 2.45) is 10.9 Å². The van der Waals surface area contributed by atoms with Crippen LogP contribution in [0.3, 0.4) is 0 Å². The fourth-order valence-electron chi connectivity index (χ4n) is 2.81. The lowest BCUT2D eigenvalue weighted by molar-refractivity contribution is -0.133. The van der Waals surface area contributed by atoms with E-state index >= 15 is 0 Å². The number of benzene rings is 1. The number of imidazole rings is 1. The monoisotopic (exact) mass is 495 g/mol. The highest BCUT2D eigenvalue weighted by Gasteiger charge is 2.37. The lowest BCUT2D eigenvalue weighted by Crippen LogP contribution is -2.27. The fourth-order valence-corrected chi connectivity index (χ4v) is 3.26. The summed E-state index contributed by atoms with van der Waals surface area (Å²) in [6.07, 6.45) is 6.40. The van der Waals surface area contributed by atoms with Crippen molar-refractivity contribution in [3.05, 3.63) is 69.1 Å². The Morgan fingerprint density at radius 1 is 1.46 bits per heavy atom. The number of anilines is 1. The van der Waals surface area contributed by atoms with Crippen LogP contribution >= 0.6 is 22.6 Å². The maximum Gasteiger partial charge on any atom is 0.312 e. The maximum atomic E-state index is 14.3. The Labute approximate surface area is 173 Å². The summed E-state index contributed by atoms with van der Waals surface area (Å²) in [5, 5.41) is 3.00. The molecule has 1 unspecified atom stereocenters. The van der Waals surface area contributed by atoms with Crippen LogP contribution in [0.5, 0.6) is 0 Å². The number of H-pyrrole nitrogens is 1. The van der Waals surface area contributed by atoms with Crippen LogP contribution in [0.4, 0.5) is 10.1 Å². The average Bonchev–Trinajstić information content (AvgIpc) is 3.32. The number of hydroxylamine groups is 1. The summed E-state index contributed by atoms with van der Waals surface area (Å²) < 4.78 is 20.8. The van der Waals surface area contributed by atoms with Crippen molar-refractivity contribution in [2.75, 3.05) is 11.9 Å². The predicted molar refractivity (Wildman–Crippen MR) is 107 cm³/mol. The molecule has 1 atom stereocenters. The van der Waals surface area contributed by atoms with Gasteiger partial charge in [0.1, 0.15) is 18.2 Å². The van der Waals surface area contributed by atoms with Gasteiger partial charge in [-0.2, -0.15) is 0 Å². The molecule has 144 valence electrons. The molecule has 4 rings (SSSR count). The molecule has 2 aromatic rings. The van der Waals surface area contributed by atoms with E-state index < -0.39 is 11.7 Å². The Morgan fingerprint density at radius 3 is 3.14 bits per heavy atom. The first-order chi connectivity index (χ1) is 13.6. The van der Waals surface area contributed by atoms with Crippen molar-refractivity contribution < 1.29 is 18.8 Å². The normalized spacial score (nSPS) is 17.8. The number of nitrogens with one attached hydrogen (secondary N) is 3. The van der Waals surface area contributed by atoms with Gasteiger partial charge in [0.25, 0.3) is 0 Å². The largest absolute Gasteiger partial charge is 0.453 e. The van der Waals surface area contributed by atoms with Crippen molar-refractivity contribution in [3.8, 4) is 0 Å². The quantitative estimate of drug-likeness (QED) is 0.423. The van der Waals surface area contributed by atoms with Gasteiger partial charge in [0, 0.05) is 9.78 Å². The van der Waals surface area contributed by atoms with Crippen molar-refractivity contribution in [2.45, 2.75) is 6.61 Å². The Kier molecular flexibility index (Phi) is 5.39. The molecule has 3 heterocycles. The van der Waals surface area contributed by atoms with E-state index in [0.717, 1.165) is 3.57 Å². The molecule has 8 nitrogen and oxygen atoms in total. The lowest BCUT2D eigenvalue weighted by atomic mass is 10.0. The predicted octanol–water partition coefficient (Wildman–Crippen LogP) is 2.64. The molecule has 2 aliphatic rings. The smallest absolute Gasteiger partial charge is 0.312 e. The van der Waals surface area contributed by atoms with Gasteiger partial charge >= 0.3 is 5.91 Å². The number of aromatic nitrogens is 2. The summed E-state index contributed by atoms with van der Waals surface area (Å²) in [5.41, 5.74) is 3.72. The number of nitrogens with zero attached hydrogens (tertiary/aromatic N) is 2. The average molecular weight is 495 g/mol. The van der Waals surface area contributed by atoms with Gasteiger partial charge in [-0.3, -0.25) is 14.6 Å². The number of aromatic amines is 1. The zero-order valence-electron chi connectivity index (χ0n) is 14.4. The molecule has 2 aliphatic heterocycles. The van der Waals surface area contributed by atoms with Crippen LogP contribution in [0.2, 0.25) is 0 Å². The molecule has 3 N–H and O–H groups in total. The van der Waals surface area contributed by atoms with Gasteiger partial charge in [0.05, 0.1) is 42.1 Å². The second kappa shape index (κ2) is 8.10. The SMILES string of the molecule is O=C(NOCc1cnc[nH]1)C1=C(Nc2ccc(I)cc2F)C2CN=CC=C2O1. The number of ether oxygens (including phenoxy) is 1. The number of dihydropyridines is 1. The minimum atomic E-state index is -0.580. The van der Waals surface area contributed by atoms with Crippen LogP contribution in [0.1, 0.15) is 5.69 Å². The number of fused-ring (bicyclic) bond motifs is 1. The van der Waals surface area contributed by atoms with Gasteiger partial charge in [-0.1, -0.05) is 0 Å². The number of allylic oxidation sites excluding steroid dienone is 1. The van der Waals surface area contributed by atoms with Crippen LogP contribution in [-0.2, 0) is 21.0 Å². The number of amides is 1. The van der Waals surface area contributed by atoms with Gasteiger partial charge < -0.3 is 15.0 Å². The highest BCUT2D eigenvalue weighted by Crippen LogP contribution is 2.37. The van der Waals surface area contributed by atoms with E-state index in [2.05, 4.69) is 25.8 Å². The van der Waals surface area contributed by atoms with E-state index in [-0.39, 0.29) is 24.0 Å². The molecule has 0 spiro atoms. The lowest BCUT2D eigenvalue weighted by Gasteiger charge is -2.16. The van der Waals surface area contributed by atoms with E-state index in [4.69, 9.17) is 9.57 Å². The zero-order chi connectivity index (χ0) is 19.5. The second-order valence-electron chi connectivity index (χ2n) is 6.03. The number of hydrogen-bond acceptors (Lipinski definition) is 6. The third kappa shape index (κ3) is 3.92. The minimum Gasteiger partial charge on any atom is -0.453 e. The molecular formula is C18H15FIN5O3. The Morgan fingerprint density at radius 2 is 2.36 bits per heavy atom. The zero-order valence-corrected chi connectivity index (χ0v) is 16.6. The van der Waals surface area contributed by atoms with Crippen LogP contribution in [0.15, 0.2) is 59.0 Å². The van der Waals surface area contributed by atoms with E-state index in [0.29, 0.717) is 23.7 Å². The number of rotatable bonds is 6. The summed E-state index contributed by atoms with van der Waals surface area (Å²) in [5.74, 6) is -0.710. The molecule has 0 bridgehead atoms. The van der Waals surface area contributed by atoms with Gasteiger partial charge in [-0.05, 0) is 46.9 Å². The highest BCUT2D eigenvalue weighted by molar-refractivity contribution is 14.1. The number of halogens is 2. The molecule has 28 heavy (non-hydrogen) atoms. The molecule has 1 aromatic carbocycles. The standard InChI is InChI=1S/C18H15FIN5O3/c19-13-5-10(20)1-2-14(13)24-16-12-7-21-4-3-15(12)28-17(16)18(26)25-27-8-11-6-22-9-23-11/h1-6,9,12,24H,7-8H2,(H,22,23)(H,25,26). The van der Waals surface area contributed by atoms with E-state index in [1.807, 2.05) is 22.6 Å². The molecule has 0 aliphatic carbocycles. The topological polar surface area (TPSA) is 101 Å². The summed E-state index contributed by atoms with van der Waals surface area (Å²) in [4.78, 5) is 28.8. The van der Waals surface area contributed by atoms with Gasteiger partial charge in [0.2, 0.25) is 5.76 Å². The molecular weight excluding hydrogens is 480 g/mol. The van der Waals surface area contributed by atoms with Crippen LogP contribution < -0.4 is 10.8 Å². The third-order valence-electron chi connectivity index (χ3n) is 4.14. The summed E-state index contributed by atoms with van der Waals surface area (Å²) >= 11 is 2.03. The second-order valence-corrected chi connectivity index (χ2v) is 7.27. The molecule has 0 fully saturated rings. The van der Waals surface area contributed by atoms with Gasteiger partial charge in [0.15, 0.2) is 0 Å². The van der Waals surface area contributed by atoms with E-state index in [1.165, 1.54) is 12.4 Å². The highest BCUT2D eigenvalue weighted by atomic mass is 127. The first-order valence-electron chi connectivity index (χ1n) is 8.35. The van der Waals surface area contributed by atoms with Crippen molar-refractivity contribution in [3.63, 3.8) is 0 Å². The number of carbonyl (C=O) groups excluding carboxylic acids is 1. The molecule has 0 saturated heterocycles. The maximum absolute atomic E-state index is 14.3. The van der Waals surface area contributed by atoms with Crippen molar-refractivity contribution in [1.29, 1.82) is 0 Å². The molecule has 0 saturated carbocycles. The summed E-state index contributed by atoms with van der Waals surface area (Å²) in [6, 6.07) is 4.79. The molecule has 0 radical (unpaired) electrons. The summed E-state index contributed by atoms with van der Waals surface area (Å²) in [7, 11) is 0. The van der Waals surface area contributed by atoms with Crippen LogP contribution in [0, 0.1) is 15.3 Å². The Bertz CT molecular complexity index is 987. The first-order valence-corrected chi connectivity index (χ1v) is 9.43. The van der Waals surface area contributed by atoms with Crippen LogP contribution in [0.25, 0.3) is 0 Å². The Balaban J connectivity index is 1.54. The molecule has 1 aromatic heterocycles. The fraction of sp³-hybridized carbons (Fsp3) is 0.167. The van der Waals surface area contributed by atoms with Crippen molar-refractivity contribution in [1.82, 2.24) is 15.4 Å². The van der Waals surface area contributed by atoms with Crippen LogP contribution in [-0.4, -0.2) is 28.6 Å². The molecule has 10 heteroatoms.